The minimum atomic E-state index is -1.17. The summed E-state index contributed by atoms with van der Waals surface area (Å²) < 4.78 is 14.0. The first-order valence-electron chi connectivity index (χ1n) is 6.14. The second-order valence-electron chi connectivity index (χ2n) is 4.68. The highest BCUT2D eigenvalue weighted by Gasteiger charge is 2.36. The topological polar surface area (TPSA) is 81.1 Å². The first-order chi connectivity index (χ1) is 9.41. The fourth-order valence-corrected chi connectivity index (χ4v) is 2.42. The van der Waals surface area contributed by atoms with Crippen LogP contribution in [0.5, 0.6) is 0 Å². The number of hydrogen-bond donors (Lipinski definition) is 2. The van der Waals surface area contributed by atoms with E-state index in [1.165, 1.54) is 11.0 Å². The van der Waals surface area contributed by atoms with E-state index in [-0.39, 0.29) is 25.3 Å². The molecular weight excluding hydrogens is 267 g/mol. The number of piperazine rings is 1. The Morgan fingerprint density at radius 1 is 1.30 bits per heavy atom. The summed E-state index contributed by atoms with van der Waals surface area (Å²) >= 11 is 0. The van der Waals surface area contributed by atoms with E-state index in [1.807, 2.05) is 0 Å². The summed E-state index contributed by atoms with van der Waals surface area (Å²) in [5.74, 6) is -1.67. The van der Waals surface area contributed by atoms with Gasteiger partial charge in [-0.15, -0.1) is 0 Å². The number of aryl methyl sites for hydroxylation is 1. The summed E-state index contributed by atoms with van der Waals surface area (Å²) in [6.45, 7) is 1.80. The van der Waals surface area contributed by atoms with Gasteiger partial charge in [0.25, 0.3) is 0 Å². The Bertz CT molecular complexity index is 529. The van der Waals surface area contributed by atoms with E-state index in [2.05, 4.69) is 0 Å². The standard InChI is InChI=1S/C13H15FN2O4/c1-8-3-2-4-9(14)11(8)16-6-5-15(13(19)20)7-10(16)12(17)18/h2-4,10H,5-7H2,1H3,(H,17,18)(H,19,20). The molecule has 108 valence electrons. The number of rotatable bonds is 2. The zero-order chi connectivity index (χ0) is 14.9. The molecule has 1 aliphatic rings. The van der Waals surface area contributed by atoms with Gasteiger partial charge in [0.05, 0.1) is 12.2 Å². The number of amides is 1. The highest BCUT2D eigenvalue weighted by Crippen LogP contribution is 2.27. The highest BCUT2D eigenvalue weighted by molar-refractivity contribution is 5.81. The summed E-state index contributed by atoms with van der Waals surface area (Å²) in [5, 5.41) is 18.2. The monoisotopic (exact) mass is 282 g/mol. The van der Waals surface area contributed by atoms with E-state index in [9.17, 15) is 19.1 Å². The SMILES string of the molecule is Cc1cccc(F)c1N1CCN(C(=O)O)CC1C(=O)O. The Hall–Kier alpha value is -2.31. The van der Waals surface area contributed by atoms with Crippen molar-refractivity contribution in [1.82, 2.24) is 4.90 Å². The fourth-order valence-electron chi connectivity index (χ4n) is 2.42. The van der Waals surface area contributed by atoms with Crippen molar-refractivity contribution in [3.8, 4) is 0 Å². The zero-order valence-corrected chi connectivity index (χ0v) is 10.9. The third-order valence-corrected chi connectivity index (χ3v) is 3.41. The number of nitrogens with zero attached hydrogens (tertiary/aromatic N) is 2. The van der Waals surface area contributed by atoms with E-state index in [0.717, 1.165) is 4.90 Å². The molecule has 1 fully saturated rings. The van der Waals surface area contributed by atoms with Gasteiger partial charge in [0.2, 0.25) is 0 Å². The van der Waals surface area contributed by atoms with Crippen molar-refractivity contribution in [1.29, 1.82) is 0 Å². The van der Waals surface area contributed by atoms with Crippen LogP contribution < -0.4 is 4.90 Å². The zero-order valence-electron chi connectivity index (χ0n) is 10.9. The summed E-state index contributed by atoms with van der Waals surface area (Å²) in [7, 11) is 0. The van der Waals surface area contributed by atoms with E-state index in [1.54, 1.807) is 19.1 Å². The molecule has 1 aliphatic heterocycles. The lowest BCUT2D eigenvalue weighted by Crippen LogP contribution is -2.58. The normalized spacial score (nSPS) is 19.0. The molecule has 2 N–H and O–H groups in total. The molecule has 6 nitrogen and oxygen atoms in total. The van der Waals surface area contributed by atoms with Gasteiger partial charge in [-0.05, 0) is 18.6 Å². The molecule has 1 amide bonds. The van der Waals surface area contributed by atoms with Gasteiger partial charge in [-0.3, -0.25) is 0 Å². The lowest BCUT2D eigenvalue weighted by molar-refractivity contribution is -0.139. The molecule has 1 heterocycles. The van der Waals surface area contributed by atoms with Gasteiger partial charge in [-0.2, -0.15) is 0 Å². The number of carboxylic acids is 1. The molecule has 0 saturated carbocycles. The number of halogens is 1. The molecule has 0 aliphatic carbocycles. The van der Waals surface area contributed by atoms with Crippen LogP contribution in [0.25, 0.3) is 0 Å². The maximum atomic E-state index is 14.0. The van der Waals surface area contributed by atoms with Crippen LogP contribution in [0.1, 0.15) is 5.56 Å². The van der Waals surface area contributed by atoms with Crippen molar-refractivity contribution in [2.75, 3.05) is 24.5 Å². The van der Waals surface area contributed by atoms with Crippen molar-refractivity contribution >= 4 is 17.7 Å². The van der Waals surface area contributed by atoms with Crippen LogP contribution in [-0.4, -0.2) is 52.9 Å². The average Bonchev–Trinajstić information content (AvgIpc) is 2.38. The number of carboxylic acid groups (broad SMARTS) is 2. The predicted octanol–water partition coefficient (Wildman–Crippen LogP) is 1.39. The molecule has 1 saturated heterocycles. The Labute approximate surface area is 115 Å². The summed E-state index contributed by atoms with van der Waals surface area (Å²) in [6, 6.07) is 3.43. The summed E-state index contributed by atoms with van der Waals surface area (Å²) in [5.41, 5.74) is 0.852. The Kier molecular flexibility index (Phi) is 3.78. The van der Waals surface area contributed by atoms with Gasteiger partial charge in [-0.25, -0.2) is 14.0 Å². The second kappa shape index (κ2) is 5.36. The molecule has 7 heteroatoms. The van der Waals surface area contributed by atoms with E-state index in [0.29, 0.717) is 5.56 Å². The Morgan fingerprint density at radius 2 is 2.00 bits per heavy atom. The van der Waals surface area contributed by atoms with Crippen molar-refractivity contribution < 1.29 is 24.2 Å². The Balaban J connectivity index is 2.36. The molecule has 0 aromatic heterocycles. The third-order valence-electron chi connectivity index (χ3n) is 3.41. The van der Waals surface area contributed by atoms with Crippen molar-refractivity contribution in [2.24, 2.45) is 0 Å². The smallest absolute Gasteiger partial charge is 0.407 e. The second-order valence-corrected chi connectivity index (χ2v) is 4.68. The van der Waals surface area contributed by atoms with Crippen LogP contribution in [0.2, 0.25) is 0 Å². The van der Waals surface area contributed by atoms with Crippen molar-refractivity contribution in [3.63, 3.8) is 0 Å². The largest absolute Gasteiger partial charge is 0.480 e. The molecule has 0 bridgehead atoms. The lowest BCUT2D eigenvalue weighted by atomic mass is 10.1. The number of benzene rings is 1. The maximum absolute atomic E-state index is 14.0. The first kappa shape index (κ1) is 14.1. The minimum Gasteiger partial charge on any atom is -0.480 e. The first-order valence-corrected chi connectivity index (χ1v) is 6.14. The van der Waals surface area contributed by atoms with E-state index in [4.69, 9.17) is 5.11 Å². The molecule has 1 aromatic carbocycles. The van der Waals surface area contributed by atoms with Gasteiger partial charge < -0.3 is 20.0 Å². The summed E-state index contributed by atoms with van der Waals surface area (Å²) in [4.78, 5) is 24.7. The van der Waals surface area contributed by atoms with Crippen LogP contribution in [0.15, 0.2) is 18.2 Å². The quantitative estimate of drug-likeness (QED) is 0.856. The molecule has 1 aromatic rings. The average molecular weight is 282 g/mol. The number of carbonyl (C=O) groups is 2. The molecular formula is C13H15FN2O4. The predicted molar refractivity (Wildman–Crippen MR) is 69.5 cm³/mol. The van der Waals surface area contributed by atoms with Crippen LogP contribution in [0.4, 0.5) is 14.9 Å². The van der Waals surface area contributed by atoms with E-state index < -0.39 is 23.9 Å². The van der Waals surface area contributed by atoms with Crippen LogP contribution in [0.3, 0.4) is 0 Å². The highest BCUT2D eigenvalue weighted by atomic mass is 19.1. The third kappa shape index (κ3) is 2.52. The number of hydrogen-bond acceptors (Lipinski definition) is 3. The van der Waals surface area contributed by atoms with Gasteiger partial charge in [0.1, 0.15) is 11.9 Å². The molecule has 1 unspecified atom stereocenters. The van der Waals surface area contributed by atoms with Gasteiger partial charge >= 0.3 is 12.1 Å². The van der Waals surface area contributed by atoms with Crippen LogP contribution in [0, 0.1) is 12.7 Å². The van der Waals surface area contributed by atoms with Gasteiger partial charge in [0.15, 0.2) is 0 Å². The molecule has 0 radical (unpaired) electrons. The minimum absolute atomic E-state index is 0.144. The van der Waals surface area contributed by atoms with Crippen molar-refractivity contribution in [2.45, 2.75) is 13.0 Å². The fraction of sp³-hybridized carbons (Fsp3) is 0.385. The molecule has 20 heavy (non-hydrogen) atoms. The number of aliphatic carboxylic acids is 1. The number of anilines is 1. The molecule has 1 atom stereocenters. The van der Waals surface area contributed by atoms with Crippen LogP contribution in [-0.2, 0) is 4.79 Å². The molecule has 0 spiro atoms. The number of para-hydroxylation sites is 1. The van der Waals surface area contributed by atoms with Crippen LogP contribution >= 0.6 is 0 Å². The van der Waals surface area contributed by atoms with Gasteiger partial charge in [-0.1, -0.05) is 12.1 Å². The van der Waals surface area contributed by atoms with E-state index >= 15 is 0 Å². The Morgan fingerprint density at radius 3 is 2.55 bits per heavy atom. The van der Waals surface area contributed by atoms with Crippen molar-refractivity contribution in [3.05, 3.63) is 29.6 Å². The molecule has 2 rings (SSSR count). The van der Waals surface area contributed by atoms with Gasteiger partial charge in [0, 0.05) is 13.1 Å². The maximum Gasteiger partial charge on any atom is 0.407 e. The lowest BCUT2D eigenvalue weighted by Gasteiger charge is -2.40. The summed E-state index contributed by atoms with van der Waals surface area (Å²) in [6.07, 6.45) is -1.17.